The maximum atomic E-state index is 13.5. The second-order valence-corrected chi connectivity index (χ2v) is 14.4. The number of nitrogens with zero attached hydrogens (tertiary/aromatic N) is 5. The Morgan fingerprint density at radius 1 is 1.02 bits per heavy atom. The molecule has 6 rings (SSSR count). The summed E-state index contributed by atoms with van der Waals surface area (Å²) in [5.74, 6) is 2.11. The number of nitrogens with two attached hydrogens (primary N) is 1. The van der Waals surface area contributed by atoms with Gasteiger partial charge in [-0.1, -0.05) is 75.6 Å². The number of aryl methyl sites for hydroxylation is 1. The molecule has 2 aromatic carbocycles. The molecule has 2 aliphatic rings. The fourth-order valence-electron chi connectivity index (χ4n) is 6.81. The Morgan fingerprint density at radius 2 is 1.73 bits per heavy atom. The van der Waals surface area contributed by atoms with Crippen LogP contribution in [0.1, 0.15) is 94.0 Å². The van der Waals surface area contributed by atoms with Crippen molar-refractivity contribution in [2.24, 2.45) is 16.1 Å². The third kappa shape index (κ3) is 6.94. The normalized spacial score (nSPS) is 19.7. The molecule has 2 aromatic heterocycles. The van der Waals surface area contributed by atoms with E-state index in [9.17, 15) is 4.79 Å². The summed E-state index contributed by atoms with van der Waals surface area (Å²) in [6.45, 7) is 8.11. The van der Waals surface area contributed by atoms with Crippen molar-refractivity contribution < 1.29 is 9.53 Å². The number of ether oxygens (including phenoxy) is 1. The molecule has 1 saturated carbocycles. The van der Waals surface area contributed by atoms with E-state index >= 15 is 0 Å². The summed E-state index contributed by atoms with van der Waals surface area (Å²) in [5.41, 5.74) is 11.4. The van der Waals surface area contributed by atoms with Gasteiger partial charge in [-0.05, 0) is 82.1 Å². The van der Waals surface area contributed by atoms with Gasteiger partial charge in [0.2, 0.25) is 0 Å². The number of hydrogen-bond donors (Lipinski definition) is 3. The molecular weight excluding hydrogens is 600 g/mol. The number of carbonyl (C=O) groups is 1. The van der Waals surface area contributed by atoms with Crippen LogP contribution >= 0.6 is 0 Å². The highest BCUT2D eigenvalue weighted by molar-refractivity contribution is 6.05. The van der Waals surface area contributed by atoms with Gasteiger partial charge in [0.1, 0.15) is 17.7 Å². The van der Waals surface area contributed by atoms with Gasteiger partial charge in [-0.2, -0.15) is 0 Å². The lowest BCUT2D eigenvalue weighted by molar-refractivity contribution is 0.145. The van der Waals surface area contributed by atoms with Crippen LogP contribution in [0.5, 0.6) is 5.75 Å². The number of amides is 2. The second-order valence-electron chi connectivity index (χ2n) is 14.4. The molecule has 0 radical (unpaired) electrons. The number of hydrogen-bond acceptors (Lipinski definition) is 7. The highest BCUT2D eigenvalue weighted by Gasteiger charge is 2.42. The van der Waals surface area contributed by atoms with Gasteiger partial charge in [-0.25, -0.2) is 9.79 Å². The fourth-order valence-corrected chi connectivity index (χ4v) is 6.81. The van der Waals surface area contributed by atoms with Crippen LogP contribution < -0.4 is 21.1 Å². The Kier molecular flexibility index (Phi) is 9.29. The lowest BCUT2D eigenvalue weighted by Gasteiger charge is -2.34. The van der Waals surface area contributed by atoms with Crippen LogP contribution in [0.25, 0.3) is 5.65 Å². The van der Waals surface area contributed by atoms with E-state index in [1.807, 2.05) is 82.4 Å². The average Bonchev–Trinajstić information content (AvgIpc) is 3.71. The number of pyridine rings is 1. The second kappa shape index (κ2) is 13.4. The van der Waals surface area contributed by atoms with Gasteiger partial charge in [0.15, 0.2) is 11.5 Å². The number of rotatable bonds is 7. The number of aromatic nitrogens is 3. The smallest absolute Gasteiger partial charge is 0.320 e. The molecule has 0 bridgehead atoms. The molecule has 10 heteroatoms. The first kappa shape index (κ1) is 33.2. The largest absolute Gasteiger partial charge is 0.484 e. The first-order chi connectivity index (χ1) is 22.9. The predicted octanol–water partition coefficient (Wildman–Crippen LogP) is 7.24. The minimum atomic E-state index is -0.342. The Bertz CT molecular complexity index is 1830. The lowest BCUT2D eigenvalue weighted by atomic mass is 9.85. The van der Waals surface area contributed by atoms with Gasteiger partial charge in [-0.15, -0.1) is 10.2 Å². The Balaban J connectivity index is 1.21. The molecule has 0 unspecified atom stereocenters. The number of aliphatic imine (C=N–C) groups is 1. The zero-order valence-corrected chi connectivity index (χ0v) is 29.0. The van der Waals surface area contributed by atoms with Crippen molar-refractivity contribution in [3.05, 3.63) is 101 Å². The molecule has 4 N–H and O–H groups in total. The molecule has 1 fully saturated rings. The van der Waals surface area contributed by atoms with Gasteiger partial charge < -0.3 is 15.8 Å². The van der Waals surface area contributed by atoms with E-state index < -0.39 is 0 Å². The van der Waals surface area contributed by atoms with E-state index in [2.05, 4.69) is 56.4 Å². The molecule has 48 heavy (non-hydrogen) atoms. The molecule has 2 aliphatic carbocycles. The molecule has 0 aliphatic heterocycles. The molecular formula is C38H48N8O2. The minimum Gasteiger partial charge on any atom is -0.484 e. The van der Waals surface area contributed by atoms with Gasteiger partial charge in [0.05, 0.1) is 23.5 Å². The topological polar surface area (TPSA) is 122 Å². The van der Waals surface area contributed by atoms with Crippen molar-refractivity contribution >= 4 is 23.2 Å². The molecule has 2 amide bonds. The molecule has 0 saturated heterocycles. The maximum absolute atomic E-state index is 13.5. The lowest BCUT2D eigenvalue weighted by Crippen LogP contribution is -2.42. The molecule has 4 aromatic rings. The van der Waals surface area contributed by atoms with E-state index in [1.165, 1.54) is 12.8 Å². The standard InChI is InChI=1S/C38H48N8O2/c1-25-13-15-26(16-14-25)40-33(23-32(39)37(2,3)4)42-36(47)41-30-18-19-31(29-12-8-7-11-28(29)30)48-27-17-20-34-43-44-35(46(34)24-27)38(45(5)6)21-9-10-22-38/h7-8,11-17,20,23-24,30-31H,9-10,18-19,21-22,39H2,1-6H3,(H2,40,41,42,47)/b32-23-/t30-,31+/m0/s1. The zero-order chi connectivity index (χ0) is 34.1. The van der Waals surface area contributed by atoms with E-state index in [0.717, 1.165) is 58.9 Å². The van der Waals surface area contributed by atoms with E-state index in [0.29, 0.717) is 18.0 Å². The summed E-state index contributed by atoms with van der Waals surface area (Å²) < 4.78 is 8.78. The van der Waals surface area contributed by atoms with Crippen molar-refractivity contribution in [2.45, 2.75) is 83.9 Å². The number of allylic oxidation sites excluding steroid dienone is 1. The summed E-state index contributed by atoms with van der Waals surface area (Å²) in [6, 6.07) is 19.4. The maximum Gasteiger partial charge on any atom is 0.320 e. The number of urea groups is 1. The van der Waals surface area contributed by atoms with Gasteiger partial charge in [-0.3, -0.25) is 14.6 Å². The van der Waals surface area contributed by atoms with Crippen LogP contribution in [0.4, 0.5) is 10.5 Å². The van der Waals surface area contributed by atoms with Crippen LogP contribution in [-0.2, 0) is 5.54 Å². The molecule has 2 heterocycles. The number of benzene rings is 2. The highest BCUT2D eigenvalue weighted by Crippen LogP contribution is 2.43. The monoisotopic (exact) mass is 648 g/mol. The van der Waals surface area contributed by atoms with Crippen molar-refractivity contribution in [1.82, 2.24) is 30.1 Å². The van der Waals surface area contributed by atoms with Crippen LogP contribution in [-0.4, -0.2) is 45.5 Å². The van der Waals surface area contributed by atoms with Crippen molar-refractivity contribution in [3.8, 4) is 5.75 Å². The van der Waals surface area contributed by atoms with Crippen LogP contribution in [0, 0.1) is 12.3 Å². The molecule has 2 atom stereocenters. The van der Waals surface area contributed by atoms with Crippen molar-refractivity contribution in [2.75, 3.05) is 14.1 Å². The van der Waals surface area contributed by atoms with Crippen LogP contribution in [0.3, 0.4) is 0 Å². The van der Waals surface area contributed by atoms with E-state index in [4.69, 9.17) is 15.5 Å². The summed E-state index contributed by atoms with van der Waals surface area (Å²) in [5, 5.41) is 15.3. The summed E-state index contributed by atoms with van der Waals surface area (Å²) in [7, 11) is 4.26. The summed E-state index contributed by atoms with van der Waals surface area (Å²) in [6.07, 6.45) is 9.52. The first-order valence-electron chi connectivity index (χ1n) is 16.9. The van der Waals surface area contributed by atoms with E-state index in [1.54, 1.807) is 6.08 Å². The Hall–Kier alpha value is -4.70. The molecule has 10 nitrogen and oxygen atoms in total. The third-order valence-electron chi connectivity index (χ3n) is 9.78. The van der Waals surface area contributed by atoms with Gasteiger partial charge >= 0.3 is 6.03 Å². The van der Waals surface area contributed by atoms with E-state index in [-0.39, 0.29) is 29.1 Å². The summed E-state index contributed by atoms with van der Waals surface area (Å²) in [4.78, 5) is 20.5. The molecule has 252 valence electrons. The van der Waals surface area contributed by atoms with Crippen molar-refractivity contribution in [3.63, 3.8) is 0 Å². The SMILES string of the molecule is Cc1ccc(N=C(/C=C(\N)C(C)(C)C)NC(=O)N[C@H]2CC[C@@H](Oc3ccc4nnc(C5(N(C)C)CCCC5)n4c3)c3ccccc32)cc1. The Morgan fingerprint density at radius 3 is 2.42 bits per heavy atom. The number of carbonyl (C=O) groups excluding carboxylic acids is 1. The predicted molar refractivity (Wildman–Crippen MR) is 190 cm³/mol. The quantitative estimate of drug-likeness (QED) is 0.143. The van der Waals surface area contributed by atoms with Crippen molar-refractivity contribution in [1.29, 1.82) is 0 Å². The fraction of sp³-hybridized carbons (Fsp3) is 0.421. The number of fused-ring (bicyclic) bond motifs is 2. The first-order valence-corrected chi connectivity index (χ1v) is 16.9. The zero-order valence-electron chi connectivity index (χ0n) is 29.0. The van der Waals surface area contributed by atoms with Crippen LogP contribution in [0.15, 0.2) is 83.6 Å². The van der Waals surface area contributed by atoms with Crippen LogP contribution in [0.2, 0.25) is 0 Å². The Labute approximate surface area is 283 Å². The number of amidine groups is 1. The highest BCUT2D eigenvalue weighted by atomic mass is 16.5. The third-order valence-corrected chi connectivity index (χ3v) is 9.78. The molecule has 0 spiro atoms. The minimum absolute atomic E-state index is 0.131. The summed E-state index contributed by atoms with van der Waals surface area (Å²) >= 11 is 0. The van der Waals surface area contributed by atoms with Gasteiger partial charge in [0, 0.05) is 17.2 Å². The number of nitrogens with one attached hydrogen (secondary N) is 2. The van der Waals surface area contributed by atoms with Gasteiger partial charge in [0.25, 0.3) is 0 Å². The average molecular weight is 649 g/mol.